The van der Waals surface area contributed by atoms with Crippen molar-refractivity contribution in [2.45, 2.75) is 6.42 Å². The molecule has 0 unspecified atom stereocenters. The Morgan fingerprint density at radius 1 is 1.00 bits per heavy atom. The molecular formula is C22H30IN5O2. The molecule has 1 saturated heterocycles. The van der Waals surface area contributed by atoms with Crippen LogP contribution >= 0.6 is 24.0 Å². The monoisotopic (exact) mass is 523 g/mol. The first kappa shape index (κ1) is 23.8. The normalized spacial score (nSPS) is 14.1. The van der Waals surface area contributed by atoms with Gasteiger partial charge in [-0.25, -0.2) is 0 Å². The molecule has 0 bridgehead atoms. The van der Waals surface area contributed by atoms with E-state index in [1.165, 1.54) is 5.56 Å². The van der Waals surface area contributed by atoms with E-state index in [0.29, 0.717) is 12.3 Å². The number of aromatic hydroxyl groups is 1. The second-order valence-electron chi connectivity index (χ2n) is 6.95. The number of aliphatic imine (C=N–C) groups is 1. The Balaban J connectivity index is 0.00000320. The molecule has 162 valence electrons. The second kappa shape index (κ2) is 12.3. The van der Waals surface area contributed by atoms with E-state index in [9.17, 15) is 9.90 Å². The van der Waals surface area contributed by atoms with Crippen molar-refractivity contribution < 1.29 is 9.90 Å². The van der Waals surface area contributed by atoms with Crippen molar-refractivity contribution in [1.29, 1.82) is 0 Å². The predicted octanol–water partition coefficient (Wildman–Crippen LogP) is 2.07. The smallest absolute Gasteiger partial charge is 0.239 e. The van der Waals surface area contributed by atoms with Crippen LogP contribution in [0.3, 0.4) is 0 Å². The molecule has 2 aromatic rings. The summed E-state index contributed by atoms with van der Waals surface area (Å²) in [6.07, 6.45) is 0.815. The maximum absolute atomic E-state index is 12.1. The molecule has 1 amide bonds. The summed E-state index contributed by atoms with van der Waals surface area (Å²) < 4.78 is 0. The number of carbonyl (C=O) groups excluding carboxylic acids is 1. The number of anilines is 1. The van der Waals surface area contributed by atoms with Gasteiger partial charge in [-0.1, -0.05) is 42.5 Å². The topological polar surface area (TPSA) is 80.2 Å². The second-order valence-corrected chi connectivity index (χ2v) is 6.95. The molecule has 3 rings (SSSR count). The Hall–Kier alpha value is -2.49. The van der Waals surface area contributed by atoms with Crippen molar-refractivity contribution >= 4 is 41.5 Å². The predicted molar refractivity (Wildman–Crippen MR) is 132 cm³/mol. The van der Waals surface area contributed by atoms with Crippen molar-refractivity contribution in [2.24, 2.45) is 4.99 Å². The van der Waals surface area contributed by atoms with Gasteiger partial charge in [-0.05, 0) is 24.1 Å². The molecular weight excluding hydrogens is 493 g/mol. The fraction of sp³-hybridized carbons (Fsp3) is 0.364. The zero-order valence-corrected chi connectivity index (χ0v) is 19.6. The standard InChI is InChI=1S/C22H29N5O2.HI/c1-23-22(25-17-21(29)24-12-11-18-7-3-2-4-8-18)27-15-13-26(14-16-27)19-9-5-6-10-20(19)28;/h2-10,28H,11-17H2,1H3,(H,23,25)(H,24,29);1H. The number of halogens is 1. The summed E-state index contributed by atoms with van der Waals surface area (Å²) in [5.74, 6) is 0.977. The van der Waals surface area contributed by atoms with Crippen molar-refractivity contribution in [3.05, 3.63) is 60.2 Å². The summed E-state index contributed by atoms with van der Waals surface area (Å²) in [6, 6.07) is 17.5. The number of nitrogens with one attached hydrogen (secondary N) is 2. The SMILES string of the molecule is CN=C(NCC(=O)NCCc1ccccc1)N1CCN(c2ccccc2O)CC1.I. The molecule has 0 atom stereocenters. The summed E-state index contributed by atoms with van der Waals surface area (Å²) in [6.45, 7) is 3.90. The van der Waals surface area contributed by atoms with Gasteiger partial charge in [0.2, 0.25) is 5.91 Å². The number of hydrogen-bond acceptors (Lipinski definition) is 4. The Bertz CT molecular complexity index is 823. The van der Waals surface area contributed by atoms with Gasteiger partial charge < -0.3 is 25.5 Å². The molecule has 1 fully saturated rings. The molecule has 0 aromatic heterocycles. The van der Waals surface area contributed by atoms with Gasteiger partial charge in [-0.3, -0.25) is 9.79 Å². The van der Waals surface area contributed by atoms with E-state index < -0.39 is 0 Å². The largest absolute Gasteiger partial charge is 0.506 e. The van der Waals surface area contributed by atoms with Crippen LogP contribution < -0.4 is 15.5 Å². The van der Waals surface area contributed by atoms with Gasteiger partial charge >= 0.3 is 0 Å². The van der Waals surface area contributed by atoms with E-state index in [4.69, 9.17) is 0 Å². The van der Waals surface area contributed by atoms with Crippen LogP contribution in [0.2, 0.25) is 0 Å². The first-order valence-corrected chi connectivity index (χ1v) is 9.96. The van der Waals surface area contributed by atoms with Gasteiger partial charge in [-0.2, -0.15) is 0 Å². The minimum atomic E-state index is -0.0464. The molecule has 0 saturated carbocycles. The van der Waals surface area contributed by atoms with Crippen LogP contribution in [0, 0.1) is 0 Å². The molecule has 3 N–H and O–H groups in total. The molecule has 2 aromatic carbocycles. The zero-order valence-electron chi connectivity index (χ0n) is 17.3. The van der Waals surface area contributed by atoms with Gasteiger partial charge in [0.25, 0.3) is 0 Å². The third-order valence-corrected chi connectivity index (χ3v) is 5.00. The lowest BCUT2D eigenvalue weighted by Crippen LogP contribution is -2.53. The van der Waals surface area contributed by atoms with E-state index in [0.717, 1.165) is 44.2 Å². The van der Waals surface area contributed by atoms with E-state index >= 15 is 0 Å². The van der Waals surface area contributed by atoms with Gasteiger partial charge in [0.15, 0.2) is 5.96 Å². The molecule has 7 nitrogen and oxygen atoms in total. The first-order valence-electron chi connectivity index (χ1n) is 9.96. The number of piperazine rings is 1. The molecule has 30 heavy (non-hydrogen) atoms. The highest BCUT2D eigenvalue weighted by Gasteiger charge is 2.21. The quantitative estimate of drug-likeness (QED) is 0.307. The molecule has 8 heteroatoms. The Kier molecular flexibility index (Phi) is 9.72. The average Bonchev–Trinajstić information content (AvgIpc) is 2.76. The lowest BCUT2D eigenvalue weighted by molar-refractivity contribution is -0.120. The number of para-hydroxylation sites is 2. The summed E-state index contributed by atoms with van der Waals surface area (Å²) in [4.78, 5) is 20.7. The molecule has 1 aliphatic heterocycles. The number of rotatable bonds is 6. The van der Waals surface area contributed by atoms with E-state index in [2.05, 4.69) is 37.6 Å². The number of phenolic OH excluding ortho intramolecular Hbond substituents is 1. The highest BCUT2D eigenvalue weighted by Crippen LogP contribution is 2.27. The number of amides is 1. The third-order valence-electron chi connectivity index (χ3n) is 5.00. The van der Waals surface area contributed by atoms with Crippen molar-refractivity contribution in [3.8, 4) is 5.75 Å². The van der Waals surface area contributed by atoms with Crippen molar-refractivity contribution in [2.75, 3.05) is 51.2 Å². The minimum absolute atomic E-state index is 0. The van der Waals surface area contributed by atoms with Crippen LogP contribution in [-0.4, -0.2) is 68.2 Å². The summed E-state index contributed by atoms with van der Waals surface area (Å²) >= 11 is 0. The summed E-state index contributed by atoms with van der Waals surface area (Å²) in [7, 11) is 1.73. The first-order chi connectivity index (χ1) is 14.2. The average molecular weight is 523 g/mol. The highest BCUT2D eigenvalue weighted by atomic mass is 127. The minimum Gasteiger partial charge on any atom is -0.506 e. The number of guanidine groups is 1. The molecule has 1 heterocycles. The van der Waals surface area contributed by atoms with Crippen LogP contribution in [0.25, 0.3) is 0 Å². The molecule has 0 aliphatic carbocycles. The van der Waals surface area contributed by atoms with Gasteiger partial charge in [0.05, 0.1) is 12.2 Å². The summed E-state index contributed by atoms with van der Waals surface area (Å²) in [5.41, 5.74) is 2.06. The van der Waals surface area contributed by atoms with Crippen molar-refractivity contribution in [1.82, 2.24) is 15.5 Å². The fourth-order valence-electron chi connectivity index (χ4n) is 3.44. The van der Waals surface area contributed by atoms with Crippen LogP contribution in [0.1, 0.15) is 5.56 Å². The molecule has 0 radical (unpaired) electrons. The van der Waals surface area contributed by atoms with Crippen LogP contribution in [0.5, 0.6) is 5.75 Å². The number of benzene rings is 2. The molecule has 1 aliphatic rings. The van der Waals surface area contributed by atoms with Crippen LogP contribution in [0.15, 0.2) is 59.6 Å². The zero-order chi connectivity index (χ0) is 20.5. The van der Waals surface area contributed by atoms with E-state index in [1.807, 2.05) is 36.4 Å². The fourth-order valence-corrected chi connectivity index (χ4v) is 3.44. The van der Waals surface area contributed by atoms with Gasteiger partial charge in [0.1, 0.15) is 5.75 Å². The summed E-state index contributed by atoms with van der Waals surface area (Å²) in [5, 5.41) is 16.1. The molecule has 0 spiro atoms. The number of carbonyl (C=O) groups is 1. The van der Waals surface area contributed by atoms with Crippen molar-refractivity contribution in [3.63, 3.8) is 0 Å². The van der Waals surface area contributed by atoms with Crippen LogP contribution in [0.4, 0.5) is 5.69 Å². The van der Waals surface area contributed by atoms with Gasteiger partial charge in [0, 0.05) is 39.8 Å². The van der Waals surface area contributed by atoms with Gasteiger partial charge in [-0.15, -0.1) is 24.0 Å². The number of phenols is 1. The lowest BCUT2D eigenvalue weighted by atomic mass is 10.1. The third kappa shape index (κ3) is 6.79. The van der Waals surface area contributed by atoms with Crippen LogP contribution in [-0.2, 0) is 11.2 Å². The number of hydrogen-bond donors (Lipinski definition) is 3. The Morgan fingerprint density at radius 2 is 1.67 bits per heavy atom. The lowest BCUT2D eigenvalue weighted by Gasteiger charge is -2.37. The Labute approximate surface area is 195 Å². The Morgan fingerprint density at radius 3 is 2.33 bits per heavy atom. The maximum atomic E-state index is 12.1. The van der Waals surface area contributed by atoms with E-state index in [1.54, 1.807) is 13.1 Å². The highest BCUT2D eigenvalue weighted by molar-refractivity contribution is 14.0. The number of nitrogens with zero attached hydrogens (tertiary/aromatic N) is 3. The maximum Gasteiger partial charge on any atom is 0.239 e. The van der Waals surface area contributed by atoms with E-state index in [-0.39, 0.29) is 36.4 Å².